The number of sulfonamides is 1. The van der Waals surface area contributed by atoms with Crippen molar-refractivity contribution in [2.45, 2.75) is 11.4 Å². The van der Waals surface area contributed by atoms with Crippen LogP contribution in [0.2, 0.25) is 0 Å². The molecule has 0 aliphatic carbocycles. The summed E-state index contributed by atoms with van der Waals surface area (Å²) in [6.45, 7) is 0.533. The highest BCUT2D eigenvalue weighted by molar-refractivity contribution is 7.89. The Morgan fingerprint density at radius 1 is 1.38 bits per heavy atom. The van der Waals surface area contributed by atoms with E-state index in [-0.39, 0.29) is 4.90 Å². The fraction of sp³-hybridized carbons (Fsp3) is 0.308. The number of aromatic nitrogens is 2. The van der Waals surface area contributed by atoms with Crippen LogP contribution in [0.1, 0.15) is 5.69 Å². The number of hydrogen-bond donors (Lipinski definition) is 2. The van der Waals surface area contributed by atoms with Crippen molar-refractivity contribution in [3.05, 3.63) is 36.2 Å². The van der Waals surface area contributed by atoms with Crippen LogP contribution in [0.15, 0.2) is 35.4 Å². The summed E-state index contributed by atoms with van der Waals surface area (Å²) in [6, 6.07) is 6.42. The van der Waals surface area contributed by atoms with E-state index in [9.17, 15) is 8.42 Å². The van der Waals surface area contributed by atoms with Gasteiger partial charge in [0.05, 0.1) is 23.3 Å². The van der Waals surface area contributed by atoms with E-state index >= 15 is 0 Å². The lowest BCUT2D eigenvalue weighted by Gasteiger charge is -2.13. The number of anilines is 2. The molecule has 1 aromatic heterocycles. The van der Waals surface area contributed by atoms with Gasteiger partial charge in [0.1, 0.15) is 0 Å². The molecule has 0 amide bonds. The second kappa shape index (κ2) is 5.74. The average molecular weight is 309 g/mol. The largest absolute Gasteiger partial charge is 0.379 e. The molecule has 114 valence electrons. The maximum absolute atomic E-state index is 11.3. The molecular formula is C13H19N5O2S. The van der Waals surface area contributed by atoms with Crippen LogP contribution >= 0.6 is 0 Å². The lowest BCUT2D eigenvalue weighted by Crippen LogP contribution is -2.15. The van der Waals surface area contributed by atoms with Gasteiger partial charge in [-0.05, 0) is 18.2 Å². The van der Waals surface area contributed by atoms with E-state index in [0.717, 1.165) is 11.6 Å². The Hall–Kier alpha value is -2.06. The van der Waals surface area contributed by atoms with Gasteiger partial charge in [0.2, 0.25) is 16.0 Å². The summed E-state index contributed by atoms with van der Waals surface area (Å²) in [7, 11) is 2.09. The van der Waals surface area contributed by atoms with E-state index in [1.807, 2.05) is 30.6 Å². The van der Waals surface area contributed by atoms with E-state index < -0.39 is 10.0 Å². The fourth-order valence-electron chi connectivity index (χ4n) is 1.99. The highest BCUT2D eigenvalue weighted by atomic mass is 32.2. The van der Waals surface area contributed by atoms with Crippen molar-refractivity contribution in [2.75, 3.05) is 24.3 Å². The zero-order chi connectivity index (χ0) is 15.6. The van der Waals surface area contributed by atoms with Crippen molar-refractivity contribution >= 4 is 21.7 Å². The minimum absolute atomic E-state index is 0.0893. The standard InChI is InChI=1S/C13H19N5O2S/c1-17(2)13-16-9-11(18(13)3)8-15-10-5-4-6-12(7-10)21(14,19)20/h4-7,9,15H,8H2,1-3H3,(H2,14,19,20). The molecule has 0 unspecified atom stereocenters. The predicted octanol–water partition coefficient (Wildman–Crippen LogP) is 0.746. The Labute approximate surface area is 124 Å². The number of nitrogens with one attached hydrogen (secondary N) is 1. The van der Waals surface area contributed by atoms with Crippen molar-refractivity contribution < 1.29 is 8.42 Å². The second-order valence-electron chi connectivity index (χ2n) is 4.93. The number of nitrogens with zero attached hydrogens (tertiary/aromatic N) is 3. The van der Waals surface area contributed by atoms with Gasteiger partial charge in [-0.2, -0.15) is 0 Å². The third-order valence-corrected chi connectivity index (χ3v) is 4.01. The van der Waals surface area contributed by atoms with E-state index in [0.29, 0.717) is 12.2 Å². The predicted molar refractivity (Wildman–Crippen MR) is 82.7 cm³/mol. The Morgan fingerprint density at radius 2 is 2.10 bits per heavy atom. The van der Waals surface area contributed by atoms with Crippen LogP contribution in [0.3, 0.4) is 0 Å². The van der Waals surface area contributed by atoms with Crippen LogP contribution in [0, 0.1) is 0 Å². The van der Waals surface area contributed by atoms with E-state index in [1.165, 1.54) is 12.1 Å². The summed E-state index contributed by atoms with van der Waals surface area (Å²) < 4.78 is 24.6. The molecule has 0 bridgehead atoms. The van der Waals surface area contributed by atoms with Crippen LogP contribution in [-0.4, -0.2) is 32.1 Å². The molecule has 2 rings (SSSR count). The van der Waals surface area contributed by atoms with Crippen molar-refractivity contribution in [1.82, 2.24) is 9.55 Å². The van der Waals surface area contributed by atoms with Crippen molar-refractivity contribution in [1.29, 1.82) is 0 Å². The second-order valence-corrected chi connectivity index (χ2v) is 6.49. The molecule has 0 spiro atoms. The summed E-state index contributed by atoms with van der Waals surface area (Å²) >= 11 is 0. The Morgan fingerprint density at radius 3 is 2.67 bits per heavy atom. The average Bonchev–Trinajstić information content (AvgIpc) is 2.77. The van der Waals surface area contributed by atoms with Crippen molar-refractivity contribution in [2.24, 2.45) is 12.2 Å². The van der Waals surface area contributed by atoms with Crippen LogP contribution in [0.5, 0.6) is 0 Å². The van der Waals surface area contributed by atoms with E-state index in [2.05, 4.69) is 10.3 Å². The van der Waals surface area contributed by atoms with Gasteiger partial charge < -0.3 is 14.8 Å². The van der Waals surface area contributed by atoms with Gasteiger partial charge in [-0.15, -0.1) is 0 Å². The third-order valence-electron chi connectivity index (χ3n) is 3.10. The highest BCUT2D eigenvalue weighted by Crippen LogP contribution is 2.16. The maximum Gasteiger partial charge on any atom is 0.238 e. The van der Waals surface area contributed by atoms with Crippen molar-refractivity contribution in [3.63, 3.8) is 0 Å². The molecule has 0 atom stereocenters. The lowest BCUT2D eigenvalue weighted by molar-refractivity contribution is 0.598. The Bertz CT molecular complexity index is 737. The summed E-state index contributed by atoms with van der Waals surface area (Å²) in [5, 5.41) is 8.29. The molecule has 2 aromatic rings. The molecule has 0 aliphatic heterocycles. The quantitative estimate of drug-likeness (QED) is 0.850. The molecule has 3 N–H and O–H groups in total. The summed E-state index contributed by atoms with van der Waals surface area (Å²) in [5.74, 6) is 0.852. The first kappa shape index (κ1) is 15.3. The van der Waals surface area contributed by atoms with Gasteiger partial charge in [0.15, 0.2) is 0 Å². The molecule has 0 saturated heterocycles. The zero-order valence-electron chi connectivity index (χ0n) is 12.2. The number of nitrogens with two attached hydrogens (primary N) is 1. The zero-order valence-corrected chi connectivity index (χ0v) is 13.1. The van der Waals surface area contributed by atoms with Crippen LogP contribution in [0.4, 0.5) is 11.6 Å². The minimum Gasteiger partial charge on any atom is -0.379 e. The first-order valence-electron chi connectivity index (χ1n) is 6.33. The van der Waals surface area contributed by atoms with Crippen LogP contribution < -0.4 is 15.4 Å². The van der Waals surface area contributed by atoms with Gasteiger partial charge in [0, 0.05) is 26.8 Å². The first-order valence-corrected chi connectivity index (χ1v) is 7.88. The number of primary sulfonamides is 1. The molecule has 8 heteroatoms. The van der Waals surface area contributed by atoms with Gasteiger partial charge in [-0.3, -0.25) is 0 Å². The third kappa shape index (κ3) is 3.53. The fourth-order valence-corrected chi connectivity index (χ4v) is 2.55. The Balaban J connectivity index is 2.14. The summed E-state index contributed by atoms with van der Waals surface area (Å²) in [6.07, 6.45) is 1.78. The molecule has 0 aliphatic rings. The topological polar surface area (TPSA) is 93.2 Å². The van der Waals surface area contributed by atoms with E-state index in [4.69, 9.17) is 5.14 Å². The van der Waals surface area contributed by atoms with Crippen molar-refractivity contribution in [3.8, 4) is 0 Å². The maximum atomic E-state index is 11.3. The van der Waals surface area contributed by atoms with Gasteiger partial charge >= 0.3 is 0 Å². The molecule has 21 heavy (non-hydrogen) atoms. The number of hydrogen-bond acceptors (Lipinski definition) is 5. The van der Waals surface area contributed by atoms with Gasteiger partial charge in [-0.25, -0.2) is 18.5 Å². The summed E-state index contributed by atoms with van der Waals surface area (Å²) in [5.41, 5.74) is 1.67. The number of rotatable bonds is 5. The Kier molecular flexibility index (Phi) is 4.19. The SMILES string of the molecule is CN(C)c1ncc(CNc2cccc(S(N)(=O)=O)c2)n1C. The molecule has 0 radical (unpaired) electrons. The molecular weight excluding hydrogens is 290 g/mol. The lowest BCUT2D eigenvalue weighted by atomic mass is 10.3. The smallest absolute Gasteiger partial charge is 0.238 e. The molecule has 1 heterocycles. The van der Waals surface area contributed by atoms with Crippen LogP contribution in [-0.2, 0) is 23.6 Å². The van der Waals surface area contributed by atoms with Gasteiger partial charge in [0.25, 0.3) is 0 Å². The summed E-state index contributed by atoms with van der Waals surface area (Å²) in [4.78, 5) is 6.33. The molecule has 1 aromatic carbocycles. The first-order chi connectivity index (χ1) is 9.79. The highest BCUT2D eigenvalue weighted by Gasteiger charge is 2.10. The molecule has 0 saturated carbocycles. The molecule has 7 nitrogen and oxygen atoms in total. The normalized spacial score (nSPS) is 11.4. The molecule has 0 fully saturated rings. The minimum atomic E-state index is -3.69. The monoisotopic (exact) mass is 309 g/mol. The van der Waals surface area contributed by atoms with Crippen LogP contribution in [0.25, 0.3) is 0 Å². The van der Waals surface area contributed by atoms with E-state index in [1.54, 1.807) is 18.3 Å². The number of benzene rings is 1. The van der Waals surface area contributed by atoms with Gasteiger partial charge in [-0.1, -0.05) is 6.07 Å². The number of imidazole rings is 1.